The van der Waals surface area contributed by atoms with Crippen molar-refractivity contribution in [2.45, 2.75) is 57.7 Å². The monoisotopic (exact) mass is 251 g/mol. The van der Waals surface area contributed by atoms with Crippen LogP contribution in [0, 0.1) is 6.92 Å². The Morgan fingerprint density at radius 1 is 1.72 bits per heavy atom. The van der Waals surface area contributed by atoms with Crippen LogP contribution < -0.4 is 5.32 Å². The summed E-state index contributed by atoms with van der Waals surface area (Å²) in [6.45, 7) is 5.75. The Hall–Kier alpha value is -1.36. The van der Waals surface area contributed by atoms with Gasteiger partial charge in [-0.15, -0.1) is 0 Å². The second kappa shape index (κ2) is 4.72. The van der Waals surface area contributed by atoms with Crippen molar-refractivity contribution in [1.29, 1.82) is 0 Å². The molecular formula is C13H21N3O2. The number of nitrogens with one attached hydrogen (secondary N) is 1. The molecule has 5 nitrogen and oxygen atoms in total. The van der Waals surface area contributed by atoms with E-state index in [0.29, 0.717) is 12.5 Å². The summed E-state index contributed by atoms with van der Waals surface area (Å²) in [6.07, 6.45) is 6.43. The van der Waals surface area contributed by atoms with Crippen molar-refractivity contribution in [2.75, 3.05) is 0 Å². The van der Waals surface area contributed by atoms with Gasteiger partial charge in [-0.1, -0.05) is 0 Å². The first-order chi connectivity index (χ1) is 8.40. The maximum absolute atomic E-state index is 11.5. The van der Waals surface area contributed by atoms with Gasteiger partial charge >= 0.3 is 5.97 Å². The van der Waals surface area contributed by atoms with E-state index in [0.717, 1.165) is 18.4 Å². The molecule has 100 valence electrons. The molecule has 0 saturated heterocycles. The number of hydrogen-bond donors (Lipinski definition) is 2. The van der Waals surface area contributed by atoms with E-state index in [1.54, 1.807) is 13.1 Å². The number of hydrogen-bond acceptors (Lipinski definition) is 3. The lowest BCUT2D eigenvalue weighted by Gasteiger charge is -2.29. The maximum Gasteiger partial charge on any atom is 0.323 e. The van der Waals surface area contributed by atoms with E-state index in [9.17, 15) is 9.90 Å². The van der Waals surface area contributed by atoms with Gasteiger partial charge in [-0.05, 0) is 45.6 Å². The first-order valence-corrected chi connectivity index (χ1v) is 6.42. The Morgan fingerprint density at radius 3 is 2.83 bits per heavy atom. The normalized spacial score (nSPS) is 20.4. The van der Waals surface area contributed by atoms with Gasteiger partial charge in [0.15, 0.2) is 0 Å². The average molecular weight is 251 g/mol. The molecule has 1 aliphatic carbocycles. The minimum absolute atomic E-state index is 0.0612. The molecule has 2 N–H and O–H groups in total. The van der Waals surface area contributed by atoms with Gasteiger partial charge < -0.3 is 5.11 Å². The van der Waals surface area contributed by atoms with E-state index in [1.165, 1.54) is 0 Å². The Balaban J connectivity index is 2.05. The highest BCUT2D eigenvalue weighted by Crippen LogP contribution is 2.27. The Bertz CT molecular complexity index is 439. The van der Waals surface area contributed by atoms with E-state index >= 15 is 0 Å². The summed E-state index contributed by atoms with van der Waals surface area (Å²) >= 11 is 0. The molecule has 0 aromatic carbocycles. The van der Waals surface area contributed by atoms with Gasteiger partial charge in [0, 0.05) is 12.2 Å². The summed E-state index contributed by atoms with van der Waals surface area (Å²) in [5, 5.41) is 16.9. The van der Waals surface area contributed by atoms with Crippen LogP contribution in [-0.4, -0.2) is 32.4 Å². The third kappa shape index (κ3) is 2.90. The van der Waals surface area contributed by atoms with Crippen LogP contribution in [0.1, 0.15) is 44.7 Å². The molecule has 5 heteroatoms. The summed E-state index contributed by atoms with van der Waals surface area (Å²) in [7, 11) is 0. The highest BCUT2D eigenvalue weighted by molar-refractivity contribution is 5.78. The zero-order valence-electron chi connectivity index (χ0n) is 11.2. The summed E-state index contributed by atoms with van der Waals surface area (Å²) in [5.41, 5.74) is 0.217. The molecule has 1 aromatic rings. The van der Waals surface area contributed by atoms with Crippen LogP contribution in [0.4, 0.5) is 0 Å². The molecule has 0 aliphatic heterocycles. The van der Waals surface area contributed by atoms with Crippen LogP contribution in [-0.2, 0) is 4.79 Å². The molecule has 1 aliphatic rings. The number of nitrogens with zero attached hydrogens (tertiary/aromatic N) is 2. The van der Waals surface area contributed by atoms with E-state index in [-0.39, 0.29) is 6.04 Å². The van der Waals surface area contributed by atoms with Crippen molar-refractivity contribution in [3.8, 4) is 0 Å². The molecule has 0 radical (unpaired) electrons. The van der Waals surface area contributed by atoms with Gasteiger partial charge in [0.05, 0.1) is 12.2 Å². The predicted octanol–water partition coefficient (Wildman–Crippen LogP) is 1.74. The molecule has 2 unspecified atom stereocenters. The van der Waals surface area contributed by atoms with Gasteiger partial charge in [-0.25, -0.2) is 0 Å². The second-order valence-corrected chi connectivity index (χ2v) is 5.61. The fraction of sp³-hybridized carbons (Fsp3) is 0.692. The minimum atomic E-state index is -0.875. The molecule has 2 rings (SSSR count). The number of carbonyl (C=O) groups is 1. The third-order valence-electron chi connectivity index (χ3n) is 3.46. The van der Waals surface area contributed by atoms with Crippen molar-refractivity contribution in [3.05, 3.63) is 18.0 Å². The maximum atomic E-state index is 11.5. The predicted molar refractivity (Wildman–Crippen MR) is 68.5 cm³/mol. The molecule has 2 atom stereocenters. The lowest BCUT2D eigenvalue weighted by molar-refractivity contribution is -0.145. The third-order valence-corrected chi connectivity index (χ3v) is 3.46. The van der Waals surface area contributed by atoms with Gasteiger partial charge in [-0.3, -0.25) is 14.8 Å². The van der Waals surface area contributed by atoms with Crippen LogP contribution in [0.2, 0.25) is 0 Å². The molecule has 1 fully saturated rings. The number of aromatic nitrogens is 2. The zero-order chi connectivity index (χ0) is 13.3. The number of rotatable bonds is 6. The summed E-state index contributed by atoms with van der Waals surface area (Å²) in [6, 6.07) is 0.434. The van der Waals surface area contributed by atoms with Crippen LogP contribution >= 0.6 is 0 Å². The SMILES string of the molecule is Cc1cnn(C(C)CC(C)(NC2CC2)C(=O)O)c1. The fourth-order valence-electron chi connectivity index (χ4n) is 2.24. The highest BCUT2D eigenvalue weighted by Gasteiger charge is 2.39. The van der Waals surface area contributed by atoms with Crippen molar-refractivity contribution in [3.63, 3.8) is 0 Å². The van der Waals surface area contributed by atoms with Crippen LogP contribution in [0.25, 0.3) is 0 Å². The van der Waals surface area contributed by atoms with Crippen LogP contribution in [0.5, 0.6) is 0 Å². The summed E-state index contributed by atoms with van der Waals surface area (Å²) in [4.78, 5) is 11.5. The number of carboxylic acid groups (broad SMARTS) is 1. The molecule has 1 saturated carbocycles. The van der Waals surface area contributed by atoms with E-state index in [1.807, 2.05) is 24.7 Å². The molecule has 18 heavy (non-hydrogen) atoms. The Kier molecular flexibility index (Phi) is 3.43. The van der Waals surface area contributed by atoms with Gasteiger partial charge in [0.25, 0.3) is 0 Å². The van der Waals surface area contributed by atoms with Gasteiger partial charge in [0.2, 0.25) is 0 Å². The number of aryl methyl sites for hydroxylation is 1. The Labute approximate surface area is 107 Å². The van der Waals surface area contributed by atoms with Crippen molar-refractivity contribution >= 4 is 5.97 Å². The molecule has 0 bridgehead atoms. The second-order valence-electron chi connectivity index (χ2n) is 5.61. The highest BCUT2D eigenvalue weighted by atomic mass is 16.4. The topological polar surface area (TPSA) is 67.2 Å². The standard InChI is InChI=1S/C13H21N3O2/c1-9-7-14-16(8-9)10(2)6-13(3,12(17)18)15-11-4-5-11/h7-8,10-11,15H,4-6H2,1-3H3,(H,17,18). The van der Waals surface area contributed by atoms with Crippen molar-refractivity contribution in [1.82, 2.24) is 15.1 Å². The first kappa shape index (κ1) is 13.1. The average Bonchev–Trinajstić information content (AvgIpc) is 2.97. The van der Waals surface area contributed by atoms with Gasteiger partial charge in [0.1, 0.15) is 5.54 Å². The number of carboxylic acids is 1. The molecule has 1 heterocycles. The Morgan fingerprint density at radius 2 is 2.39 bits per heavy atom. The quantitative estimate of drug-likeness (QED) is 0.808. The van der Waals surface area contributed by atoms with Crippen LogP contribution in [0.3, 0.4) is 0 Å². The molecular weight excluding hydrogens is 230 g/mol. The van der Waals surface area contributed by atoms with Crippen LogP contribution in [0.15, 0.2) is 12.4 Å². The fourth-order valence-corrected chi connectivity index (χ4v) is 2.24. The van der Waals surface area contributed by atoms with E-state index < -0.39 is 11.5 Å². The zero-order valence-corrected chi connectivity index (χ0v) is 11.2. The summed E-state index contributed by atoms with van der Waals surface area (Å²) in [5.74, 6) is -0.787. The smallest absolute Gasteiger partial charge is 0.323 e. The van der Waals surface area contributed by atoms with E-state index in [4.69, 9.17) is 0 Å². The largest absolute Gasteiger partial charge is 0.480 e. The molecule has 1 aromatic heterocycles. The van der Waals surface area contributed by atoms with Crippen molar-refractivity contribution < 1.29 is 9.90 Å². The first-order valence-electron chi connectivity index (χ1n) is 6.42. The summed E-state index contributed by atoms with van der Waals surface area (Å²) < 4.78 is 1.84. The lowest BCUT2D eigenvalue weighted by Crippen LogP contribution is -2.51. The number of aliphatic carboxylic acids is 1. The molecule has 0 spiro atoms. The lowest BCUT2D eigenvalue weighted by atomic mass is 9.93. The molecule has 0 amide bonds. The van der Waals surface area contributed by atoms with Crippen molar-refractivity contribution in [2.24, 2.45) is 0 Å². The van der Waals surface area contributed by atoms with E-state index in [2.05, 4.69) is 10.4 Å². The van der Waals surface area contributed by atoms with Gasteiger partial charge in [-0.2, -0.15) is 5.10 Å². The minimum Gasteiger partial charge on any atom is -0.480 e.